The van der Waals surface area contributed by atoms with Crippen molar-refractivity contribution >= 4 is 5.82 Å². The van der Waals surface area contributed by atoms with Gasteiger partial charge < -0.3 is 5.73 Å². The molecular formula is C13H16N4. The van der Waals surface area contributed by atoms with Gasteiger partial charge in [-0.25, -0.2) is 10.4 Å². The Balaban J connectivity index is 2.46. The second-order valence-electron chi connectivity index (χ2n) is 4.00. The molecule has 1 unspecified atom stereocenters. The molecule has 1 heterocycles. The predicted molar refractivity (Wildman–Crippen MR) is 69.0 cm³/mol. The van der Waals surface area contributed by atoms with Gasteiger partial charge in [-0.05, 0) is 24.1 Å². The SMILES string of the molecule is Cc1cnc(N)c(C(NN)c2ccccc2)c1. The number of aryl methyl sites for hydroxylation is 1. The van der Waals surface area contributed by atoms with Crippen molar-refractivity contribution in [2.24, 2.45) is 5.84 Å². The lowest BCUT2D eigenvalue weighted by Crippen LogP contribution is -2.29. The lowest BCUT2D eigenvalue weighted by molar-refractivity contribution is 0.636. The summed E-state index contributed by atoms with van der Waals surface area (Å²) >= 11 is 0. The minimum atomic E-state index is -0.136. The van der Waals surface area contributed by atoms with Gasteiger partial charge in [0.25, 0.3) is 0 Å². The number of aromatic nitrogens is 1. The first-order chi connectivity index (χ1) is 8.22. The van der Waals surface area contributed by atoms with Gasteiger partial charge in [0.2, 0.25) is 0 Å². The molecule has 0 aliphatic rings. The summed E-state index contributed by atoms with van der Waals surface area (Å²) < 4.78 is 0. The zero-order valence-corrected chi connectivity index (χ0v) is 9.72. The summed E-state index contributed by atoms with van der Waals surface area (Å²) in [7, 11) is 0. The first kappa shape index (κ1) is 11.6. The Bertz CT molecular complexity index is 496. The quantitative estimate of drug-likeness (QED) is 0.550. The molecule has 0 aliphatic heterocycles. The number of hydrogen-bond acceptors (Lipinski definition) is 4. The number of hydrazine groups is 1. The second kappa shape index (κ2) is 4.95. The van der Waals surface area contributed by atoms with E-state index in [1.807, 2.05) is 43.3 Å². The monoisotopic (exact) mass is 228 g/mol. The third-order valence-electron chi connectivity index (χ3n) is 2.70. The zero-order valence-electron chi connectivity index (χ0n) is 9.72. The maximum Gasteiger partial charge on any atom is 0.128 e. The van der Waals surface area contributed by atoms with E-state index in [1.54, 1.807) is 6.20 Å². The van der Waals surface area contributed by atoms with Gasteiger partial charge >= 0.3 is 0 Å². The van der Waals surface area contributed by atoms with E-state index in [-0.39, 0.29) is 6.04 Å². The van der Waals surface area contributed by atoms with Crippen molar-refractivity contribution in [1.82, 2.24) is 10.4 Å². The molecule has 17 heavy (non-hydrogen) atoms. The number of nitrogen functional groups attached to an aromatic ring is 1. The number of hydrogen-bond donors (Lipinski definition) is 3. The Hall–Kier alpha value is -1.91. The molecule has 0 aliphatic carbocycles. The molecule has 0 amide bonds. The van der Waals surface area contributed by atoms with E-state index in [1.165, 1.54) is 0 Å². The van der Waals surface area contributed by atoms with Crippen LogP contribution in [-0.2, 0) is 0 Å². The van der Waals surface area contributed by atoms with Crippen LogP contribution >= 0.6 is 0 Å². The topological polar surface area (TPSA) is 77.0 Å². The van der Waals surface area contributed by atoms with Crippen LogP contribution in [0.5, 0.6) is 0 Å². The van der Waals surface area contributed by atoms with E-state index in [9.17, 15) is 0 Å². The van der Waals surface area contributed by atoms with Crippen molar-refractivity contribution in [2.75, 3.05) is 5.73 Å². The van der Waals surface area contributed by atoms with Gasteiger partial charge in [0.05, 0.1) is 6.04 Å². The van der Waals surface area contributed by atoms with Crippen LogP contribution in [0.4, 0.5) is 5.82 Å². The van der Waals surface area contributed by atoms with Gasteiger partial charge in [-0.3, -0.25) is 5.84 Å². The molecule has 0 fully saturated rings. The second-order valence-corrected chi connectivity index (χ2v) is 4.00. The highest BCUT2D eigenvalue weighted by atomic mass is 15.2. The number of nitrogens with zero attached hydrogens (tertiary/aromatic N) is 1. The number of nitrogens with two attached hydrogens (primary N) is 2. The minimum absolute atomic E-state index is 0.136. The summed E-state index contributed by atoms with van der Waals surface area (Å²) in [6, 6.07) is 11.8. The van der Waals surface area contributed by atoms with E-state index in [4.69, 9.17) is 11.6 Å². The highest BCUT2D eigenvalue weighted by Gasteiger charge is 2.15. The molecule has 4 nitrogen and oxygen atoms in total. The first-order valence-corrected chi connectivity index (χ1v) is 5.45. The van der Waals surface area contributed by atoms with Crippen molar-refractivity contribution in [1.29, 1.82) is 0 Å². The molecule has 5 N–H and O–H groups in total. The van der Waals surface area contributed by atoms with E-state index in [0.29, 0.717) is 5.82 Å². The number of anilines is 1. The average molecular weight is 228 g/mol. The number of pyridine rings is 1. The van der Waals surface area contributed by atoms with E-state index >= 15 is 0 Å². The maximum absolute atomic E-state index is 5.90. The third-order valence-corrected chi connectivity index (χ3v) is 2.70. The van der Waals surface area contributed by atoms with Crippen LogP contribution in [0.1, 0.15) is 22.7 Å². The molecular weight excluding hydrogens is 212 g/mol. The fraction of sp³-hybridized carbons (Fsp3) is 0.154. The fourth-order valence-electron chi connectivity index (χ4n) is 1.84. The van der Waals surface area contributed by atoms with Gasteiger partial charge in [0.1, 0.15) is 5.82 Å². The smallest absolute Gasteiger partial charge is 0.128 e. The summed E-state index contributed by atoms with van der Waals surface area (Å²) in [4.78, 5) is 4.16. The zero-order chi connectivity index (χ0) is 12.3. The van der Waals surface area contributed by atoms with Crippen LogP contribution in [0.15, 0.2) is 42.6 Å². The van der Waals surface area contributed by atoms with Gasteiger partial charge in [0, 0.05) is 11.8 Å². The van der Waals surface area contributed by atoms with Gasteiger partial charge in [-0.1, -0.05) is 30.3 Å². The maximum atomic E-state index is 5.90. The molecule has 0 bridgehead atoms. The van der Waals surface area contributed by atoms with Crippen LogP contribution in [-0.4, -0.2) is 4.98 Å². The van der Waals surface area contributed by atoms with Crippen molar-refractivity contribution < 1.29 is 0 Å². The molecule has 0 radical (unpaired) electrons. The summed E-state index contributed by atoms with van der Waals surface area (Å²) in [6.07, 6.45) is 1.75. The van der Waals surface area contributed by atoms with E-state index in [0.717, 1.165) is 16.7 Å². The van der Waals surface area contributed by atoms with Crippen molar-refractivity contribution in [3.63, 3.8) is 0 Å². The highest BCUT2D eigenvalue weighted by Crippen LogP contribution is 2.25. The minimum Gasteiger partial charge on any atom is -0.383 e. The molecule has 1 aromatic carbocycles. The summed E-state index contributed by atoms with van der Waals surface area (Å²) in [5, 5.41) is 0. The standard InChI is InChI=1S/C13H16N4/c1-9-7-11(13(14)16-8-9)12(17-15)10-5-3-2-4-6-10/h2-8,12,17H,15H2,1H3,(H2,14,16). The summed E-state index contributed by atoms with van der Waals surface area (Å²) in [6.45, 7) is 1.98. The Morgan fingerprint density at radius 1 is 1.24 bits per heavy atom. The molecule has 2 aromatic rings. The van der Waals surface area contributed by atoms with Crippen LogP contribution < -0.4 is 17.0 Å². The number of nitrogens with one attached hydrogen (secondary N) is 1. The van der Waals surface area contributed by atoms with Crippen molar-refractivity contribution in [3.05, 3.63) is 59.3 Å². The molecule has 2 rings (SSSR count). The normalized spacial score (nSPS) is 12.4. The molecule has 1 aromatic heterocycles. The Labute approximate surface area is 101 Å². The van der Waals surface area contributed by atoms with Crippen LogP contribution in [0.3, 0.4) is 0 Å². The van der Waals surface area contributed by atoms with Crippen LogP contribution in [0.25, 0.3) is 0 Å². The summed E-state index contributed by atoms with van der Waals surface area (Å²) in [5.74, 6) is 6.12. The van der Waals surface area contributed by atoms with Crippen LogP contribution in [0.2, 0.25) is 0 Å². The third kappa shape index (κ3) is 2.43. The Morgan fingerprint density at radius 3 is 2.59 bits per heavy atom. The fourth-order valence-corrected chi connectivity index (χ4v) is 1.84. The van der Waals surface area contributed by atoms with Crippen molar-refractivity contribution in [3.8, 4) is 0 Å². The van der Waals surface area contributed by atoms with Gasteiger partial charge in [0.15, 0.2) is 0 Å². The van der Waals surface area contributed by atoms with E-state index < -0.39 is 0 Å². The average Bonchev–Trinajstić information content (AvgIpc) is 2.36. The molecule has 0 saturated carbocycles. The largest absolute Gasteiger partial charge is 0.383 e. The Morgan fingerprint density at radius 2 is 1.94 bits per heavy atom. The van der Waals surface area contributed by atoms with E-state index in [2.05, 4.69) is 10.4 Å². The van der Waals surface area contributed by atoms with Crippen LogP contribution in [0, 0.1) is 6.92 Å². The molecule has 4 heteroatoms. The first-order valence-electron chi connectivity index (χ1n) is 5.45. The Kier molecular flexibility index (Phi) is 3.37. The lowest BCUT2D eigenvalue weighted by Gasteiger charge is -2.18. The van der Waals surface area contributed by atoms with Gasteiger partial charge in [-0.2, -0.15) is 0 Å². The van der Waals surface area contributed by atoms with Gasteiger partial charge in [-0.15, -0.1) is 0 Å². The molecule has 88 valence electrons. The lowest BCUT2D eigenvalue weighted by atomic mass is 9.99. The molecule has 0 saturated heterocycles. The number of benzene rings is 1. The molecule has 1 atom stereocenters. The summed E-state index contributed by atoms with van der Waals surface area (Å²) in [5.41, 5.74) is 11.7. The molecule has 0 spiro atoms. The number of rotatable bonds is 3. The predicted octanol–water partition coefficient (Wildman–Crippen LogP) is 1.52. The van der Waals surface area contributed by atoms with Crippen molar-refractivity contribution in [2.45, 2.75) is 13.0 Å². The highest BCUT2D eigenvalue weighted by molar-refractivity contribution is 5.46.